The van der Waals surface area contributed by atoms with E-state index in [2.05, 4.69) is 52.1 Å². The lowest BCUT2D eigenvalue weighted by Gasteiger charge is -2.30. The number of benzene rings is 1. The molecule has 1 unspecified atom stereocenters. The van der Waals surface area contributed by atoms with Gasteiger partial charge in [-0.3, -0.25) is 0 Å². The number of thiazole rings is 1. The Labute approximate surface area is 276 Å². The van der Waals surface area contributed by atoms with Gasteiger partial charge in [-0.1, -0.05) is 17.4 Å². The van der Waals surface area contributed by atoms with Crippen LogP contribution in [0.25, 0.3) is 10.6 Å². The zero-order chi connectivity index (χ0) is 34.2. The molecule has 0 radical (unpaired) electrons. The number of aromatic amines is 1. The number of carbonyl (C=O) groups is 2. The number of aryl methyl sites for hydroxylation is 1. The second-order valence-electron chi connectivity index (χ2n) is 9.87. The molecule has 5 rings (SSSR count). The van der Waals surface area contributed by atoms with E-state index in [4.69, 9.17) is 9.90 Å². The zero-order valence-electron chi connectivity index (χ0n) is 23.1. The van der Waals surface area contributed by atoms with Crippen molar-refractivity contribution in [1.82, 2.24) is 9.97 Å². The summed E-state index contributed by atoms with van der Waals surface area (Å²) in [6.07, 6.45) is -5.13. The van der Waals surface area contributed by atoms with Gasteiger partial charge < -0.3 is 25.4 Å². The maximum atomic E-state index is 13.2. The summed E-state index contributed by atoms with van der Waals surface area (Å²) in [6.45, 7) is 1.83. The van der Waals surface area contributed by atoms with Crippen LogP contribution >= 0.6 is 43.2 Å². The summed E-state index contributed by atoms with van der Waals surface area (Å²) in [4.78, 5) is 32.7. The molecule has 1 aromatic carbocycles. The number of pyridine rings is 2. The first-order valence-electron chi connectivity index (χ1n) is 12.9. The molecule has 0 saturated heterocycles. The second-order valence-corrected chi connectivity index (χ2v) is 12.5. The number of halogens is 8. The lowest BCUT2D eigenvalue weighted by molar-refractivity contribution is -0.397. The molecule has 0 amide bonds. The number of rotatable bonds is 5. The monoisotopic (exact) mass is 796 g/mol. The van der Waals surface area contributed by atoms with E-state index < -0.39 is 35.5 Å². The molecule has 0 saturated carbocycles. The highest BCUT2D eigenvalue weighted by Gasteiger charge is 2.43. The third-order valence-corrected chi connectivity index (χ3v) is 9.93. The average molecular weight is 798 g/mol. The van der Waals surface area contributed by atoms with Crippen LogP contribution in [0.1, 0.15) is 50.5 Å². The number of H-pyrrole nitrogens is 1. The lowest BCUT2D eigenvalue weighted by atomic mass is 9.79. The number of hydrogen-bond donors (Lipinski definition) is 3. The van der Waals surface area contributed by atoms with Gasteiger partial charge in [0.2, 0.25) is 0 Å². The molecule has 9 nitrogen and oxygen atoms in total. The van der Waals surface area contributed by atoms with Crippen LogP contribution in [0.15, 0.2) is 51.7 Å². The maximum absolute atomic E-state index is 13.2. The quantitative estimate of drug-likeness (QED) is 0.203. The summed E-state index contributed by atoms with van der Waals surface area (Å²) in [5, 5.41) is 33.3. The number of aliphatic carboxylic acids is 1. The van der Waals surface area contributed by atoms with Crippen LogP contribution in [0.3, 0.4) is 0 Å². The predicted molar refractivity (Wildman–Crippen MR) is 157 cm³/mol. The minimum absolute atomic E-state index is 0.0158. The SMILES string of the molecule is Cc1c(Br)c(Nc2cc(C(F)(F)F)ccn2)nc(-c2c[nH+]c(C3(O)CCCc4cc(C(=O)O)ccc43)s2)c1Br.O=C([O-])C(F)(F)F. The number of hydrogen-bond acceptors (Lipinski definition) is 8. The van der Waals surface area contributed by atoms with Crippen molar-refractivity contribution < 1.29 is 56.2 Å². The van der Waals surface area contributed by atoms with Crippen molar-refractivity contribution in [2.24, 2.45) is 0 Å². The Morgan fingerprint density at radius 3 is 2.39 bits per heavy atom. The van der Waals surface area contributed by atoms with E-state index in [1.54, 1.807) is 18.3 Å². The third-order valence-electron chi connectivity index (χ3n) is 6.80. The molecular formula is C28H20Br2F6N4O5S. The van der Waals surface area contributed by atoms with Crippen LogP contribution in [0.2, 0.25) is 0 Å². The number of aliphatic hydroxyl groups is 1. The molecule has 3 aromatic heterocycles. The number of fused-ring (bicyclic) bond motifs is 1. The van der Waals surface area contributed by atoms with Crippen LogP contribution in [-0.4, -0.2) is 38.3 Å². The van der Waals surface area contributed by atoms with Gasteiger partial charge in [-0.05, 0) is 99.0 Å². The summed E-state index contributed by atoms with van der Waals surface area (Å²) in [7, 11) is 0. The molecule has 0 fully saturated rings. The van der Waals surface area contributed by atoms with Gasteiger partial charge in [0.1, 0.15) is 28.2 Å². The Morgan fingerprint density at radius 2 is 1.78 bits per heavy atom. The molecule has 4 aromatic rings. The van der Waals surface area contributed by atoms with Crippen LogP contribution in [-0.2, 0) is 23.0 Å². The van der Waals surface area contributed by atoms with E-state index in [9.17, 15) is 41.4 Å². The summed E-state index contributed by atoms with van der Waals surface area (Å²) >= 11 is 8.35. The number of alkyl halides is 6. The normalized spacial score (nSPS) is 16.2. The Kier molecular flexibility index (Phi) is 10.2. The number of anilines is 2. The number of carboxylic acid groups (broad SMARTS) is 2. The molecule has 1 atom stereocenters. The second kappa shape index (κ2) is 13.2. The van der Waals surface area contributed by atoms with Crippen molar-refractivity contribution in [2.75, 3.05) is 5.32 Å². The minimum atomic E-state index is -5.19. The Morgan fingerprint density at radius 1 is 1.11 bits per heavy atom. The van der Waals surface area contributed by atoms with Gasteiger partial charge in [0, 0.05) is 10.7 Å². The highest BCUT2D eigenvalue weighted by atomic mass is 79.9. The molecule has 3 heterocycles. The van der Waals surface area contributed by atoms with Crippen molar-refractivity contribution in [1.29, 1.82) is 0 Å². The van der Waals surface area contributed by atoms with Gasteiger partial charge in [0.25, 0.3) is 5.01 Å². The van der Waals surface area contributed by atoms with E-state index in [1.807, 2.05) is 6.92 Å². The Hall–Kier alpha value is -3.61. The fraction of sp³-hybridized carbons (Fsp3) is 0.250. The lowest BCUT2D eigenvalue weighted by Crippen LogP contribution is -2.37. The minimum Gasteiger partial charge on any atom is -0.542 e. The number of aromatic carboxylic acids is 1. The maximum Gasteiger partial charge on any atom is 0.430 e. The molecule has 244 valence electrons. The first-order valence-corrected chi connectivity index (χ1v) is 15.3. The summed E-state index contributed by atoms with van der Waals surface area (Å²) in [5.74, 6) is -3.77. The highest BCUT2D eigenvalue weighted by molar-refractivity contribution is 9.11. The zero-order valence-corrected chi connectivity index (χ0v) is 27.1. The van der Waals surface area contributed by atoms with Crippen LogP contribution in [0, 0.1) is 6.92 Å². The van der Waals surface area contributed by atoms with E-state index in [1.165, 1.54) is 17.4 Å². The molecule has 0 bridgehead atoms. The van der Waals surface area contributed by atoms with Gasteiger partial charge in [0.15, 0.2) is 11.8 Å². The number of carboxylic acids is 2. The molecule has 0 spiro atoms. The number of nitrogens with zero attached hydrogens (tertiary/aromatic N) is 2. The molecule has 1 aliphatic carbocycles. The molecule has 0 aliphatic heterocycles. The van der Waals surface area contributed by atoms with E-state index in [0.717, 1.165) is 29.5 Å². The molecule has 4 N–H and O–H groups in total. The standard InChI is InChI=1S/C26H19Br2F3N4O3S.C2HF3O2/c1-12-19(27)21(35-22(20(12)28)34-18-10-15(6-8-32-18)26(29,30)31)17-11-33-24(39-17)25(38)7-2-3-13-9-14(23(36)37)4-5-16(13)25;3-2(4,5)1(6)7/h4-6,8-11,38H,2-3,7H2,1H3,(H,36,37)(H,32,34,35);(H,6,7). The van der Waals surface area contributed by atoms with Gasteiger partial charge >= 0.3 is 18.3 Å². The molecule has 1 aliphatic rings. The van der Waals surface area contributed by atoms with Crippen molar-refractivity contribution in [3.63, 3.8) is 0 Å². The fourth-order valence-corrected chi connectivity index (χ4v) is 6.93. The predicted octanol–water partition coefficient (Wildman–Crippen LogP) is 6.18. The number of nitrogens with one attached hydrogen (secondary N) is 2. The Bertz CT molecular complexity index is 1820. The molecule has 18 heteroatoms. The van der Waals surface area contributed by atoms with Crippen LogP contribution < -0.4 is 15.4 Å². The van der Waals surface area contributed by atoms with Crippen molar-refractivity contribution >= 4 is 66.8 Å². The van der Waals surface area contributed by atoms with Crippen LogP contribution in [0.4, 0.5) is 38.0 Å². The Balaban J connectivity index is 0.000000617. The topological polar surface area (TPSA) is 150 Å². The van der Waals surface area contributed by atoms with Gasteiger partial charge in [0.05, 0.1) is 15.6 Å². The van der Waals surface area contributed by atoms with Gasteiger partial charge in [-0.2, -0.15) is 26.3 Å². The summed E-state index contributed by atoms with van der Waals surface area (Å²) < 4.78 is 72.3. The third kappa shape index (κ3) is 7.50. The van der Waals surface area contributed by atoms with Crippen molar-refractivity contribution in [2.45, 2.75) is 44.1 Å². The molecular weight excluding hydrogens is 778 g/mol. The smallest absolute Gasteiger partial charge is 0.430 e. The van der Waals surface area contributed by atoms with Crippen molar-refractivity contribution in [3.05, 3.63) is 84.5 Å². The van der Waals surface area contributed by atoms with E-state index in [-0.39, 0.29) is 17.2 Å². The average Bonchev–Trinajstić information content (AvgIpc) is 3.48. The van der Waals surface area contributed by atoms with Gasteiger partial charge in [-0.25, -0.2) is 19.7 Å². The molecule has 46 heavy (non-hydrogen) atoms. The number of carbonyl (C=O) groups excluding carboxylic acids is 1. The van der Waals surface area contributed by atoms with Gasteiger partial charge in [-0.15, -0.1) is 0 Å². The highest BCUT2D eigenvalue weighted by Crippen LogP contribution is 2.45. The van der Waals surface area contributed by atoms with E-state index >= 15 is 0 Å². The fourth-order valence-electron chi connectivity index (χ4n) is 4.57. The largest absolute Gasteiger partial charge is 0.542 e. The first kappa shape index (κ1) is 35.2. The van der Waals surface area contributed by atoms with Crippen molar-refractivity contribution in [3.8, 4) is 10.6 Å². The summed E-state index contributed by atoms with van der Waals surface area (Å²) in [6, 6.07) is 6.56. The number of aromatic nitrogens is 3. The summed E-state index contributed by atoms with van der Waals surface area (Å²) in [5.41, 5.74) is 0.701. The first-order chi connectivity index (χ1) is 21.3. The van der Waals surface area contributed by atoms with E-state index in [0.29, 0.717) is 49.4 Å². The van der Waals surface area contributed by atoms with Crippen LogP contribution in [0.5, 0.6) is 0 Å².